The van der Waals surface area contributed by atoms with Crippen LogP contribution in [0.3, 0.4) is 0 Å². The van der Waals surface area contributed by atoms with Crippen molar-refractivity contribution in [3.05, 3.63) is 41.5 Å². The number of benzene rings is 1. The van der Waals surface area contributed by atoms with Gasteiger partial charge in [0, 0.05) is 5.41 Å². The van der Waals surface area contributed by atoms with Gasteiger partial charge >= 0.3 is 5.97 Å². The second-order valence-electron chi connectivity index (χ2n) is 6.86. The Bertz CT molecular complexity index is 610. The lowest BCUT2D eigenvalue weighted by atomic mass is 9.75. The van der Waals surface area contributed by atoms with E-state index in [0.29, 0.717) is 6.61 Å². The SMILES string of the molecule is CCOC(=O)C(C)(C)C1=CC2(CCNCC2)c2ccccc21. The molecule has 0 saturated carbocycles. The number of esters is 1. The standard InChI is InChI=1S/C19H25NO2/c1-4-22-17(21)18(2,3)16-13-19(9-11-20-12-10-19)15-8-6-5-7-14(15)16/h5-8,13,20H,4,9-12H2,1-3H3. The topological polar surface area (TPSA) is 38.3 Å². The van der Waals surface area contributed by atoms with Gasteiger partial charge in [0.2, 0.25) is 0 Å². The molecule has 0 bridgehead atoms. The van der Waals surface area contributed by atoms with Crippen molar-refractivity contribution in [2.45, 2.75) is 39.0 Å². The molecule has 0 unspecified atom stereocenters. The van der Waals surface area contributed by atoms with Gasteiger partial charge in [-0.15, -0.1) is 0 Å². The summed E-state index contributed by atoms with van der Waals surface area (Å²) < 4.78 is 5.32. The molecule has 2 aliphatic rings. The molecule has 1 spiro atoms. The third kappa shape index (κ3) is 2.28. The molecule has 3 heteroatoms. The fourth-order valence-corrected chi connectivity index (χ4v) is 3.81. The number of hydrogen-bond donors (Lipinski definition) is 1. The van der Waals surface area contributed by atoms with Gasteiger partial charge in [0.25, 0.3) is 0 Å². The van der Waals surface area contributed by atoms with E-state index in [4.69, 9.17) is 4.74 Å². The third-order valence-electron chi connectivity index (χ3n) is 5.13. The Morgan fingerprint density at radius 1 is 1.27 bits per heavy atom. The maximum Gasteiger partial charge on any atom is 0.315 e. The summed E-state index contributed by atoms with van der Waals surface area (Å²) in [7, 11) is 0. The van der Waals surface area contributed by atoms with Crippen LogP contribution in [-0.4, -0.2) is 25.7 Å². The van der Waals surface area contributed by atoms with Gasteiger partial charge in [-0.25, -0.2) is 0 Å². The summed E-state index contributed by atoms with van der Waals surface area (Å²) >= 11 is 0. The van der Waals surface area contributed by atoms with Crippen molar-refractivity contribution in [2.24, 2.45) is 5.41 Å². The zero-order valence-corrected chi connectivity index (χ0v) is 13.7. The van der Waals surface area contributed by atoms with Crippen molar-refractivity contribution in [3.8, 4) is 0 Å². The molecule has 1 aromatic carbocycles. The predicted octanol–water partition coefficient (Wildman–Crippen LogP) is 3.29. The number of nitrogens with one attached hydrogen (secondary N) is 1. The largest absolute Gasteiger partial charge is 0.465 e. The van der Waals surface area contributed by atoms with Crippen LogP contribution in [-0.2, 0) is 14.9 Å². The smallest absolute Gasteiger partial charge is 0.315 e. The molecule has 1 fully saturated rings. The van der Waals surface area contributed by atoms with Gasteiger partial charge in [-0.05, 0) is 63.4 Å². The predicted molar refractivity (Wildman–Crippen MR) is 88.6 cm³/mol. The van der Waals surface area contributed by atoms with E-state index in [1.165, 1.54) is 11.1 Å². The molecule has 0 atom stereocenters. The molecule has 3 rings (SSSR count). The van der Waals surface area contributed by atoms with Gasteiger partial charge in [0.1, 0.15) is 0 Å². The van der Waals surface area contributed by atoms with Crippen molar-refractivity contribution >= 4 is 11.5 Å². The molecule has 1 aliphatic heterocycles. The fraction of sp³-hybridized carbons (Fsp3) is 0.526. The first-order chi connectivity index (χ1) is 10.5. The summed E-state index contributed by atoms with van der Waals surface area (Å²) in [5.74, 6) is -0.137. The van der Waals surface area contributed by atoms with E-state index in [0.717, 1.165) is 31.5 Å². The average Bonchev–Trinajstić information content (AvgIpc) is 2.84. The molecule has 1 aliphatic carbocycles. The Balaban J connectivity index is 2.08. The minimum absolute atomic E-state index is 0.0843. The molecule has 1 aromatic rings. The van der Waals surface area contributed by atoms with Crippen molar-refractivity contribution in [2.75, 3.05) is 19.7 Å². The normalized spacial score (nSPS) is 19.7. The first-order valence-electron chi connectivity index (χ1n) is 8.22. The summed E-state index contributed by atoms with van der Waals surface area (Å²) in [6.07, 6.45) is 4.54. The lowest BCUT2D eigenvalue weighted by Crippen LogP contribution is -2.37. The van der Waals surface area contributed by atoms with E-state index < -0.39 is 5.41 Å². The third-order valence-corrected chi connectivity index (χ3v) is 5.13. The summed E-state index contributed by atoms with van der Waals surface area (Å²) in [6.45, 7) is 8.29. The number of allylic oxidation sites excluding steroid dienone is 1. The molecule has 118 valence electrons. The molecule has 0 aromatic heterocycles. The van der Waals surface area contributed by atoms with Crippen molar-refractivity contribution in [3.63, 3.8) is 0 Å². The van der Waals surface area contributed by atoms with Gasteiger partial charge < -0.3 is 10.1 Å². The van der Waals surface area contributed by atoms with Gasteiger partial charge in [-0.3, -0.25) is 4.79 Å². The molecule has 3 nitrogen and oxygen atoms in total. The molecule has 1 N–H and O–H groups in total. The minimum atomic E-state index is -0.611. The minimum Gasteiger partial charge on any atom is -0.465 e. The van der Waals surface area contributed by atoms with Gasteiger partial charge in [-0.1, -0.05) is 30.3 Å². The number of hydrogen-bond acceptors (Lipinski definition) is 3. The number of rotatable bonds is 3. The van der Waals surface area contributed by atoms with E-state index >= 15 is 0 Å². The maximum atomic E-state index is 12.5. The number of ether oxygens (including phenoxy) is 1. The van der Waals surface area contributed by atoms with E-state index in [-0.39, 0.29) is 11.4 Å². The Morgan fingerprint density at radius 2 is 1.95 bits per heavy atom. The first-order valence-corrected chi connectivity index (χ1v) is 8.22. The molecular formula is C19H25NO2. The lowest BCUT2D eigenvalue weighted by molar-refractivity contribution is -0.150. The Hall–Kier alpha value is -1.61. The lowest BCUT2D eigenvalue weighted by Gasteiger charge is -2.33. The second kappa shape index (κ2) is 5.54. The van der Waals surface area contributed by atoms with E-state index in [2.05, 4.69) is 35.7 Å². The zero-order chi connectivity index (χ0) is 15.8. The second-order valence-corrected chi connectivity index (χ2v) is 6.86. The highest BCUT2D eigenvalue weighted by Crippen LogP contribution is 2.51. The molecule has 0 amide bonds. The highest BCUT2D eigenvalue weighted by molar-refractivity contribution is 5.95. The van der Waals surface area contributed by atoms with Gasteiger partial charge in [-0.2, -0.15) is 0 Å². The van der Waals surface area contributed by atoms with Crippen molar-refractivity contribution in [1.82, 2.24) is 5.32 Å². The Kier molecular flexibility index (Phi) is 3.85. The van der Waals surface area contributed by atoms with Gasteiger partial charge in [0.15, 0.2) is 0 Å². The number of piperidine rings is 1. The maximum absolute atomic E-state index is 12.5. The molecule has 0 radical (unpaired) electrons. The first kappa shape index (κ1) is 15.3. The van der Waals surface area contributed by atoms with Crippen LogP contribution in [0.15, 0.2) is 30.3 Å². The number of fused-ring (bicyclic) bond motifs is 2. The highest BCUT2D eigenvalue weighted by atomic mass is 16.5. The molecule has 1 saturated heterocycles. The van der Waals surface area contributed by atoms with E-state index in [1.54, 1.807) is 0 Å². The Morgan fingerprint density at radius 3 is 2.64 bits per heavy atom. The van der Waals surface area contributed by atoms with Crippen LogP contribution in [0.2, 0.25) is 0 Å². The summed E-state index contributed by atoms with van der Waals surface area (Å²) in [5.41, 5.74) is 3.20. The fourth-order valence-electron chi connectivity index (χ4n) is 3.81. The van der Waals surface area contributed by atoms with Crippen LogP contribution in [0.4, 0.5) is 0 Å². The van der Waals surface area contributed by atoms with E-state index in [9.17, 15) is 4.79 Å². The number of carbonyl (C=O) groups is 1. The molecule has 1 heterocycles. The monoisotopic (exact) mass is 299 g/mol. The number of carbonyl (C=O) groups excluding carboxylic acids is 1. The summed E-state index contributed by atoms with van der Waals surface area (Å²) in [6, 6.07) is 8.55. The van der Waals surface area contributed by atoms with Crippen LogP contribution < -0.4 is 5.32 Å². The van der Waals surface area contributed by atoms with E-state index in [1.807, 2.05) is 20.8 Å². The average molecular weight is 299 g/mol. The summed E-state index contributed by atoms with van der Waals surface area (Å²) in [5, 5.41) is 3.44. The molecule has 22 heavy (non-hydrogen) atoms. The van der Waals surface area contributed by atoms with Crippen LogP contribution in [0.1, 0.15) is 44.7 Å². The van der Waals surface area contributed by atoms with Crippen LogP contribution in [0.5, 0.6) is 0 Å². The quantitative estimate of drug-likeness (QED) is 0.870. The van der Waals surface area contributed by atoms with Crippen LogP contribution in [0.25, 0.3) is 5.57 Å². The van der Waals surface area contributed by atoms with Crippen LogP contribution in [0, 0.1) is 5.41 Å². The molecular weight excluding hydrogens is 274 g/mol. The van der Waals surface area contributed by atoms with Gasteiger partial charge in [0.05, 0.1) is 12.0 Å². The zero-order valence-electron chi connectivity index (χ0n) is 13.7. The van der Waals surface area contributed by atoms with Crippen molar-refractivity contribution in [1.29, 1.82) is 0 Å². The Labute approximate surface area is 132 Å². The summed E-state index contributed by atoms with van der Waals surface area (Å²) in [4.78, 5) is 12.5. The van der Waals surface area contributed by atoms with Crippen molar-refractivity contribution < 1.29 is 9.53 Å². The van der Waals surface area contributed by atoms with Crippen LogP contribution >= 0.6 is 0 Å². The highest BCUT2D eigenvalue weighted by Gasteiger charge is 2.45.